The van der Waals surface area contributed by atoms with Crippen molar-refractivity contribution in [3.05, 3.63) is 70.9 Å². The number of hydrogen-bond acceptors (Lipinski definition) is 3. The molecule has 2 aromatic carbocycles. The van der Waals surface area contributed by atoms with Crippen LogP contribution < -0.4 is 5.32 Å². The number of halogens is 1. The van der Waals surface area contributed by atoms with Crippen molar-refractivity contribution in [3.63, 3.8) is 0 Å². The zero-order valence-corrected chi connectivity index (χ0v) is 15.1. The molecule has 6 heteroatoms. The monoisotopic (exact) mass is 374 g/mol. The van der Waals surface area contributed by atoms with Gasteiger partial charge in [-0.15, -0.1) is 0 Å². The number of amides is 1. The van der Waals surface area contributed by atoms with E-state index < -0.39 is 0 Å². The van der Waals surface area contributed by atoms with Crippen LogP contribution >= 0.6 is 11.6 Å². The first-order chi connectivity index (χ1) is 13.2. The van der Waals surface area contributed by atoms with Gasteiger partial charge in [0.1, 0.15) is 0 Å². The van der Waals surface area contributed by atoms with Gasteiger partial charge in [-0.1, -0.05) is 48.0 Å². The molecular formula is C21H15ClN4O. The summed E-state index contributed by atoms with van der Waals surface area (Å²) in [6, 6.07) is 17.3. The number of nitriles is 1. The zero-order chi connectivity index (χ0) is 18.8. The van der Waals surface area contributed by atoms with E-state index in [9.17, 15) is 4.79 Å². The van der Waals surface area contributed by atoms with Crippen LogP contribution in [0.15, 0.2) is 54.7 Å². The topological polar surface area (TPSA) is 70.7 Å². The molecule has 0 unspecified atom stereocenters. The van der Waals surface area contributed by atoms with Crippen LogP contribution in [0.5, 0.6) is 0 Å². The van der Waals surface area contributed by atoms with Gasteiger partial charge in [-0.05, 0) is 18.2 Å². The molecule has 132 valence electrons. The Hall–Kier alpha value is -3.36. The lowest BCUT2D eigenvalue weighted by molar-refractivity contribution is -0.110. The number of benzene rings is 2. The summed E-state index contributed by atoms with van der Waals surface area (Å²) < 4.78 is 1.74. The molecule has 27 heavy (non-hydrogen) atoms. The molecule has 1 aliphatic heterocycles. The fraction of sp³-hybridized carbons (Fsp3) is 0.0952. The van der Waals surface area contributed by atoms with Crippen molar-refractivity contribution in [1.29, 1.82) is 5.26 Å². The molecular weight excluding hydrogens is 360 g/mol. The van der Waals surface area contributed by atoms with Crippen LogP contribution in [0.3, 0.4) is 0 Å². The normalized spacial score (nSPS) is 14.1. The van der Waals surface area contributed by atoms with Gasteiger partial charge in [0.15, 0.2) is 0 Å². The Morgan fingerprint density at radius 1 is 1.22 bits per heavy atom. The fourth-order valence-corrected chi connectivity index (χ4v) is 3.28. The minimum absolute atomic E-state index is 0.170. The standard InChI is InChI=1S/C21H15ClN4O/c22-16-7-8-17-18(21(27)24-19(17)12-16)11-15-13-26(10-4-9-23)25-20(15)14-5-2-1-3-6-14/h1-3,5-8,11-13H,4,10H2,(H,24,27)/b18-11-. The number of nitrogens with one attached hydrogen (secondary N) is 1. The second-order valence-corrected chi connectivity index (χ2v) is 6.61. The lowest BCUT2D eigenvalue weighted by Crippen LogP contribution is -2.03. The van der Waals surface area contributed by atoms with E-state index in [1.54, 1.807) is 16.8 Å². The predicted molar refractivity (Wildman–Crippen MR) is 106 cm³/mol. The lowest BCUT2D eigenvalue weighted by atomic mass is 10.0. The Morgan fingerprint density at radius 2 is 2.04 bits per heavy atom. The molecule has 2 heterocycles. The number of nitrogens with zero attached hydrogens (tertiary/aromatic N) is 3. The van der Waals surface area contributed by atoms with Gasteiger partial charge in [0.2, 0.25) is 0 Å². The van der Waals surface area contributed by atoms with Crippen LogP contribution in [0.1, 0.15) is 17.5 Å². The summed E-state index contributed by atoms with van der Waals surface area (Å²) in [5, 5.41) is 16.9. The van der Waals surface area contributed by atoms with Gasteiger partial charge in [0, 0.05) is 33.5 Å². The number of rotatable bonds is 4. The molecule has 1 N–H and O–H groups in total. The summed E-state index contributed by atoms with van der Waals surface area (Å²) in [5.41, 5.74) is 4.64. The first-order valence-electron chi connectivity index (χ1n) is 8.48. The molecule has 1 amide bonds. The van der Waals surface area contributed by atoms with E-state index in [0.717, 1.165) is 22.4 Å². The predicted octanol–water partition coefficient (Wildman–Crippen LogP) is 4.61. The molecule has 0 aliphatic carbocycles. The van der Waals surface area contributed by atoms with Crippen molar-refractivity contribution in [3.8, 4) is 17.3 Å². The highest BCUT2D eigenvalue weighted by Crippen LogP contribution is 2.36. The van der Waals surface area contributed by atoms with E-state index in [2.05, 4.69) is 16.5 Å². The van der Waals surface area contributed by atoms with Gasteiger partial charge in [0.25, 0.3) is 5.91 Å². The molecule has 0 saturated carbocycles. The number of hydrogen-bond donors (Lipinski definition) is 1. The van der Waals surface area contributed by atoms with Crippen LogP contribution in [0, 0.1) is 11.3 Å². The van der Waals surface area contributed by atoms with Crippen LogP contribution in [-0.2, 0) is 11.3 Å². The number of fused-ring (bicyclic) bond motifs is 1. The van der Waals surface area contributed by atoms with Crippen molar-refractivity contribution >= 4 is 34.8 Å². The average molecular weight is 375 g/mol. The first-order valence-corrected chi connectivity index (χ1v) is 8.86. The highest BCUT2D eigenvalue weighted by molar-refractivity contribution is 6.36. The second-order valence-electron chi connectivity index (χ2n) is 6.17. The fourth-order valence-electron chi connectivity index (χ4n) is 3.11. The molecule has 4 rings (SSSR count). The van der Waals surface area contributed by atoms with Gasteiger partial charge in [-0.3, -0.25) is 9.48 Å². The number of carbonyl (C=O) groups excluding carboxylic acids is 1. The third kappa shape index (κ3) is 3.35. The molecule has 0 fully saturated rings. The molecule has 0 spiro atoms. The Balaban J connectivity index is 1.82. The van der Waals surface area contributed by atoms with E-state index in [0.29, 0.717) is 29.2 Å². The number of anilines is 1. The third-order valence-corrected chi connectivity index (χ3v) is 4.59. The lowest BCUT2D eigenvalue weighted by Gasteiger charge is -2.01. The third-order valence-electron chi connectivity index (χ3n) is 4.35. The Labute approximate surface area is 161 Å². The smallest absolute Gasteiger partial charge is 0.256 e. The Kier molecular flexibility index (Phi) is 4.49. The van der Waals surface area contributed by atoms with Gasteiger partial charge in [-0.25, -0.2) is 0 Å². The van der Waals surface area contributed by atoms with Crippen molar-refractivity contribution < 1.29 is 4.79 Å². The van der Waals surface area contributed by atoms with Crippen LogP contribution in [0.4, 0.5) is 5.69 Å². The highest BCUT2D eigenvalue weighted by atomic mass is 35.5. The van der Waals surface area contributed by atoms with Gasteiger partial charge < -0.3 is 5.32 Å². The van der Waals surface area contributed by atoms with Gasteiger partial charge in [-0.2, -0.15) is 10.4 Å². The largest absolute Gasteiger partial charge is 0.321 e. The quantitative estimate of drug-likeness (QED) is 0.678. The molecule has 0 atom stereocenters. The minimum atomic E-state index is -0.170. The molecule has 1 aromatic heterocycles. The molecule has 5 nitrogen and oxygen atoms in total. The van der Waals surface area contributed by atoms with E-state index in [1.807, 2.05) is 48.7 Å². The van der Waals surface area contributed by atoms with Crippen LogP contribution in [0.25, 0.3) is 22.9 Å². The van der Waals surface area contributed by atoms with Crippen LogP contribution in [0.2, 0.25) is 5.02 Å². The maximum Gasteiger partial charge on any atom is 0.256 e. The minimum Gasteiger partial charge on any atom is -0.321 e. The van der Waals surface area contributed by atoms with Crippen molar-refractivity contribution in [1.82, 2.24) is 9.78 Å². The summed E-state index contributed by atoms with van der Waals surface area (Å²) >= 11 is 6.03. The van der Waals surface area contributed by atoms with Crippen molar-refractivity contribution in [2.75, 3.05) is 5.32 Å². The van der Waals surface area contributed by atoms with E-state index in [4.69, 9.17) is 16.9 Å². The maximum atomic E-state index is 12.5. The Morgan fingerprint density at radius 3 is 2.81 bits per heavy atom. The van der Waals surface area contributed by atoms with Crippen molar-refractivity contribution in [2.24, 2.45) is 0 Å². The Bertz CT molecular complexity index is 1090. The van der Waals surface area contributed by atoms with Gasteiger partial charge in [0.05, 0.1) is 30.4 Å². The summed E-state index contributed by atoms with van der Waals surface area (Å²) in [6.07, 6.45) is 4.08. The first kappa shape index (κ1) is 17.1. The summed E-state index contributed by atoms with van der Waals surface area (Å²) in [6.45, 7) is 0.498. The number of aryl methyl sites for hydroxylation is 1. The second kappa shape index (κ2) is 7.10. The number of aromatic nitrogens is 2. The summed E-state index contributed by atoms with van der Waals surface area (Å²) in [7, 11) is 0. The molecule has 0 bridgehead atoms. The van der Waals surface area contributed by atoms with Crippen molar-refractivity contribution in [2.45, 2.75) is 13.0 Å². The zero-order valence-electron chi connectivity index (χ0n) is 14.3. The summed E-state index contributed by atoms with van der Waals surface area (Å²) in [5.74, 6) is -0.170. The number of carbonyl (C=O) groups is 1. The average Bonchev–Trinajstić information content (AvgIpc) is 3.21. The van der Waals surface area contributed by atoms with E-state index >= 15 is 0 Å². The maximum absolute atomic E-state index is 12.5. The SMILES string of the molecule is N#CCCn1cc(/C=C2\C(=O)Nc3cc(Cl)ccc32)c(-c2ccccc2)n1. The molecule has 0 saturated heterocycles. The molecule has 3 aromatic rings. The van der Waals surface area contributed by atoms with E-state index in [-0.39, 0.29) is 5.91 Å². The molecule has 0 radical (unpaired) electrons. The van der Waals surface area contributed by atoms with Gasteiger partial charge >= 0.3 is 0 Å². The highest BCUT2D eigenvalue weighted by Gasteiger charge is 2.25. The van der Waals surface area contributed by atoms with Crippen LogP contribution in [-0.4, -0.2) is 15.7 Å². The summed E-state index contributed by atoms with van der Waals surface area (Å²) in [4.78, 5) is 12.5. The molecule has 1 aliphatic rings. The van der Waals surface area contributed by atoms with E-state index in [1.165, 1.54) is 0 Å².